The van der Waals surface area contributed by atoms with Gasteiger partial charge in [0, 0.05) is 5.54 Å². The standard InChI is InChI=1S/C16H25N/c1-14-4-9-3-10-11(14)6-16(17)7-12(10)15(2,5-9)13(14)8-16/h9-13H,3-8,17H2,1-2H3. The molecule has 0 aliphatic heterocycles. The summed E-state index contributed by atoms with van der Waals surface area (Å²) in [6.45, 7) is 5.28. The molecule has 7 saturated carbocycles. The lowest BCUT2D eigenvalue weighted by Gasteiger charge is -2.79. The first-order valence-electron chi connectivity index (χ1n) is 7.74. The van der Waals surface area contributed by atoms with Gasteiger partial charge in [-0.25, -0.2) is 0 Å². The predicted octanol–water partition coefficient (Wildman–Crippen LogP) is 3.19. The maximum absolute atomic E-state index is 6.72. The van der Waals surface area contributed by atoms with Crippen LogP contribution in [-0.2, 0) is 0 Å². The van der Waals surface area contributed by atoms with Crippen molar-refractivity contribution in [2.75, 3.05) is 0 Å². The highest BCUT2D eigenvalue weighted by Gasteiger charge is 2.74. The Morgan fingerprint density at radius 2 is 1.47 bits per heavy atom. The number of hydrogen-bond donors (Lipinski definition) is 1. The van der Waals surface area contributed by atoms with Crippen molar-refractivity contribution in [3.05, 3.63) is 0 Å². The van der Waals surface area contributed by atoms with Crippen molar-refractivity contribution in [2.24, 2.45) is 46.2 Å². The molecular weight excluding hydrogens is 206 g/mol. The Kier molecular flexibility index (Phi) is 1.36. The van der Waals surface area contributed by atoms with Crippen LogP contribution in [0.15, 0.2) is 0 Å². The molecule has 0 spiro atoms. The molecule has 0 saturated heterocycles. The van der Waals surface area contributed by atoms with E-state index in [0.717, 1.165) is 29.6 Å². The Labute approximate surface area is 105 Å². The molecule has 0 amide bonds. The zero-order valence-electron chi connectivity index (χ0n) is 11.2. The molecule has 94 valence electrons. The zero-order chi connectivity index (χ0) is 11.6. The molecule has 7 rings (SSSR count). The van der Waals surface area contributed by atoms with Crippen LogP contribution in [0.1, 0.15) is 52.4 Å². The van der Waals surface area contributed by atoms with Crippen LogP contribution in [0, 0.1) is 40.4 Å². The van der Waals surface area contributed by atoms with Crippen molar-refractivity contribution < 1.29 is 0 Å². The molecule has 0 radical (unpaired) electrons. The summed E-state index contributed by atoms with van der Waals surface area (Å²) in [6, 6.07) is 0. The summed E-state index contributed by atoms with van der Waals surface area (Å²) in [5.41, 5.74) is 8.33. The molecule has 7 fully saturated rings. The van der Waals surface area contributed by atoms with E-state index in [4.69, 9.17) is 5.73 Å². The smallest absolute Gasteiger partial charge is 0.0163 e. The van der Waals surface area contributed by atoms with Crippen molar-refractivity contribution in [1.29, 1.82) is 0 Å². The molecule has 0 aromatic rings. The lowest BCUT2D eigenvalue weighted by Crippen LogP contribution is -2.76. The van der Waals surface area contributed by atoms with Gasteiger partial charge in [0.15, 0.2) is 0 Å². The van der Waals surface area contributed by atoms with Gasteiger partial charge in [0.2, 0.25) is 0 Å². The van der Waals surface area contributed by atoms with Crippen molar-refractivity contribution in [1.82, 2.24) is 0 Å². The average Bonchev–Trinajstić information content (AvgIpc) is 2.24. The maximum atomic E-state index is 6.72. The Bertz CT molecular complexity index is 386. The summed E-state index contributed by atoms with van der Waals surface area (Å²) in [6.07, 6.45) is 8.72. The molecule has 8 bridgehead atoms. The lowest BCUT2D eigenvalue weighted by atomic mass is 9.26. The molecule has 0 aromatic carbocycles. The fourth-order valence-corrected chi connectivity index (χ4v) is 8.08. The van der Waals surface area contributed by atoms with E-state index in [0.29, 0.717) is 10.8 Å². The largest absolute Gasteiger partial charge is 0.325 e. The fraction of sp³-hybridized carbons (Fsp3) is 1.00. The van der Waals surface area contributed by atoms with Crippen LogP contribution in [-0.4, -0.2) is 5.54 Å². The van der Waals surface area contributed by atoms with E-state index in [1.807, 2.05) is 0 Å². The van der Waals surface area contributed by atoms with E-state index in [1.165, 1.54) is 32.1 Å². The van der Waals surface area contributed by atoms with Gasteiger partial charge in [-0.1, -0.05) is 13.8 Å². The second-order valence-corrected chi connectivity index (χ2v) is 8.93. The number of nitrogens with two attached hydrogens (primary N) is 1. The van der Waals surface area contributed by atoms with Gasteiger partial charge in [0.1, 0.15) is 0 Å². The molecule has 7 aliphatic rings. The van der Waals surface area contributed by atoms with E-state index in [1.54, 1.807) is 6.42 Å². The van der Waals surface area contributed by atoms with Gasteiger partial charge in [-0.2, -0.15) is 0 Å². The molecule has 0 aromatic heterocycles. The minimum atomic E-state index is 0.250. The third kappa shape index (κ3) is 0.837. The topological polar surface area (TPSA) is 26.0 Å². The van der Waals surface area contributed by atoms with Crippen molar-refractivity contribution in [3.8, 4) is 0 Å². The quantitative estimate of drug-likeness (QED) is 0.681. The third-order valence-electron chi connectivity index (χ3n) is 8.25. The van der Waals surface area contributed by atoms with Gasteiger partial charge < -0.3 is 5.73 Å². The Morgan fingerprint density at radius 3 is 2.06 bits per heavy atom. The number of rotatable bonds is 0. The SMILES string of the molecule is CC12CC3CC4C1CC1(N)CC4C(C)(C3)C2C1. The van der Waals surface area contributed by atoms with Crippen LogP contribution in [0.5, 0.6) is 0 Å². The van der Waals surface area contributed by atoms with E-state index in [2.05, 4.69) is 13.8 Å². The molecule has 4 atom stereocenters. The first-order valence-corrected chi connectivity index (χ1v) is 7.74. The van der Waals surface area contributed by atoms with Crippen molar-refractivity contribution >= 4 is 0 Å². The molecule has 1 heteroatoms. The normalized spacial score (nSPS) is 74.6. The van der Waals surface area contributed by atoms with Gasteiger partial charge in [0.05, 0.1) is 0 Å². The highest BCUT2D eigenvalue weighted by Crippen LogP contribution is 2.80. The number of hydrogen-bond acceptors (Lipinski definition) is 1. The zero-order valence-corrected chi connectivity index (χ0v) is 11.2. The minimum absolute atomic E-state index is 0.250. The third-order valence-corrected chi connectivity index (χ3v) is 8.25. The highest BCUT2D eigenvalue weighted by atomic mass is 14.9. The van der Waals surface area contributed by atoms with Crippen LogP contribution in [0.4, 0.5) is 0 Å². The maximum Gasteiger partial charge on any atom is 0.0163 e. The molecule has 17 heavy (non-hydrogen) atoms. The van der Waals surface area contributed by atoms with Crippen LogP contribution in [0.2, 0.25) is 0 Å². The molecule has 1 nitrogen and oxygen atoms in total. The Morgan fingerprint density at radius 1 is 0.882 bits per heavy atom. The van der Waals surface area contributed by atoms with Gasteiger partial charge >= 0.3 is 0 Å². The minimum Gasteiger partial charge on any atom is -0.325 e. The molecular formula is C16H25N. The summed E-state index contributed by atoms with van der Waals surface area (Å²) in [7, 11) is 0. The van der Waals surface area contributed by atoms with E-state index < -0.39 is 0 Å². The van der Waals surface area contributed by atoms with Crippen molar-refractivity contribution in [2.45, 2.75) is 57.9 Å². The van der Waals surface area contributed by atoms with Gasteiger partial charge in [-0.05, 0) is 78.9 Å². The predicted molar refractivity (Wildman–Crippen MR) is 68.3 cm³/mol. The highest BCUT2D eigenvalue weighted by molar-refractivity contribution is 5.25. The van der Waals surface area contributed by atoms with Crippen molar-refractivity contribution in [3.63, 3.8) is 0 Å². The first kappa shape index (κ1) is 9.83. The van der Waals surface area contributed by atoms with Crippen LogP contribution < -0.4 is 5.73 Å². The first-order chi connectivity index (χ1) is 7.95. The van der Waals surface area contributed by atoms with Gasteiger partial charge in [0.25, 0.3) is 0 Å². The molecule has 4 unspecified atom stereocenters. The molecule has 7 aliphatic carbocycles. The second kappa shape index (κ2) is 2.35. The summed E-state index contributed by atoms with van der Waals surface area (Å²) in [4.78, 5) is 0. The average molecular weight is 231 g/mol. The van der Waals surface area contributed by atoms with Crippen LogP contribution >= 0.6 is 0 Å². The lowest BCUT2D eigenvalue weighted by molar-refractivity contribution is -0.292. The fourth-order valence-electron chi connectivity index (χ4n) is 8.08. The Hall–Kier alpha value is -0.0400. The Balaban J connectivity index is 1.76. The van der Waals surface area contributed by atoms with Gasteiger partial charge in [-0.15, -0.1) is 0 Å². The summed E-state index contributed by atoms with van der Waals surface area (Å²) < 4.78 is 0. The van der Waals surface area contributed by atoms with E-state index >= 15 is 0 Å². The van der Waals surface area contributed by atoms with Gasteiger partial charge in [-0.3, -0.25) is 0 Å². The second-order valence-electron chi connectivity index (χ2n) is 8.93. The van der Waals surface area contributed by atoms with E-state index in [9.17, 15) is 0 Å². The molecule has 2 N–H and O–H groups in total. The summed E-state index contributed by atoms with van der Waals surface area (Å²) in [5.74, 6) is 5.09. The van der Waals surface area contributed by atoms with E-state index in [-0.39, 0.29) is 5.54 Å². The van der Waals surface area contributed by atoms with Crippen LogP contribution in [0.25, 0.3) is 0 Å². The monoisotopic (exact) mass is 231 g/mol. The van der Waals surface area contributed by atoms with Crippen LogP contribution in [0.3, 0.4) is 0 Å². The summed E-state index contributed by atoms with van der Waals surface area (Å²) in [5, 5.41) is 0. The molecule has 0 heterocycles. The summed E-state index contributed by atoms with van der Waals surface area (Å²) >= 11 is 0.